The Morgan fingerprint density at radius 3 is 2.68 bits per heavy atom. The van der Waals surface area contributed by atoms with Crippen LogP contribution < -0.4 is 10.2 Å². The number of nitriles is 1. The number of ether oxygens (including phenoxy) is 1. The molecule has 3 rings (SSSR count). The molecule has 0 aliphatic carbocycles. The maximum Gasteiger partial charge on any atom is 0.167 e. The van der Waals surface area contributed by atoms with Crippen molar-refractivity contribution in [3.8, 4) is 6.07 Å². The molecule has 0 radical (unpaired) electrons. The van der Waals surface area contributed by atoms with Crippen molar-refractivity contribution in [1.82, 2.24) is 9.97 Å². The first-order valence-electron chi connectivity index (χ1n) is 6.87. The van der Waals surface area contributed by atoms with E-state index in [0.717, 1.165) is 25.0 Å². The van der Waals surface area contributed by atoms with Crippen molar-refractivity contribution in [1.29, 1.82) is 5.26 Å². The van der Waals surface area contributed by atoms with E-state index in [0.29, 0.717) is 18.9 Å². The van der Waals surface area contributed by atoms with E-state index in [2.05, 4.69) is 20.2 Å². The largest absolute Gasteiger partial charge is 0.378 e. The number of pyridine rings is 2. The molecule has 0 unspecified atom stereocenters. The van der Waals surface area contributed by atoms with Gasteiger partial charge in [-0.15, -0.1) is 0 Å². The van der Waals surface area contributed by atoms with Crippen molar-refractivity contribution in [2.24, 2.45) is 0 Å². The molecule has 112 valence electrons. The van der Waals surface area contributed by atoms with Crippen LogP contribution in [0, 0.1) is 17.1 Å². The lowest BCUT2D eigenvalue weighted by molar-refractivity contribution is 0.122. The van der Waals surface area contributed by atoms with Gasteiger partial charge in [-0.2, -0.15) is 5.26 Å². The van der Waals surface area contributed by atoms with Gasteiger partial charge in [0.15, 0.2) is 11.6 Å². The SMILES string of the molecule is N#Cc1cnc(Nc2ccc(N3CCOCC3)nc2)c(F)c1. The normalized spacial score (nSPS) is 14.5. The molecule has 0 atom stereocenters. The number of rotatable bonds is 3. The molecule has 1 saturated heterocycles. The summed E-state index contributed by atoms with van der Waals surface area (Å²) in [5.74, 6) is 0.360. The Morgan fingerprint density at radius 1 is 1.23 bits per heavy atom. The third-order valence-electron chi connectivity index (χ3n) is 3.32. The molecule has 1 aliphatic heterocycles. The van der Waals surface area contributed by atoms with E-state index < -0.39 is 5.82 Å². The van der Waals surface area contributed by atoms with E-state index >= 15 is 0 Å². The van der Waals surface area contributed by atoms with Gasteiger partial charge in [0, 0.05) is 19.3 Å². The second kappa shape index (κ2) is 6.37. The van der Waals surface area contributed by atoms with Crippen LogP contribution in [0.4, 0.5) is 21.7 Å². The number of morpholine rings is 1. The molecule has 0 amide bonds. The minimum absolute atomic E-state index is 0.0694. The lowest BCUT2D eigenvalue weighted by Crippen LogP contribution is -2.36. The fourth-order valence-corrected chi connectivity index (χ4v) is 2.17. The minimum Gasteiger partial charge on any atom is -0.378 e. The van der Waals surface area contributed by atoms with Crippen LogP contribution in [0.3, 0.4) is 0 Å². The third kappa shape index (κ3) is 3.13. The van der Waals surface area contributed by atoms with E-state index in [1.165, 1.54) is 6.20 Å². The predicted molar refractivity (Wildman–Crippen MR) is 79.5 cm³/mol. The molecule has 0 aromatic carbocycles. The summed E-state index contributed by atoms with van der Waals surface area (Å²) in [5, 5.41) is 11.5. The summed E-state index contributed by atoms with van der Waals surface area (Å²) in [6.07, 6.45) is 2.95. The summed E-state index contributed by atoms with van der Waals surface area (Å²) in [7, 11) is 0. The standard InChI is InChI=1S/C15H14FN5O/c16-13-7-11(8-17)9-19-15(13)20-12-1-2-14(18-10-12)21-3-5-22-6-4-21/h1-2,7,9-10H,3-6H2,(H,19,20). The van der Waals surface area contributed by atoms with Gasteiger partial charge in [-0.3, -0.25) is 0 Å². The molecule has 2 aromatic heterocycles. The predicted octanol–water partition coefficient (Wildman–Crippen LogP) is 2.07. The molecular formula is C15H14FN5O. The number of hydrogen-bond donors (Lipinski definition) is 1. The van der Waals surface area contributed by atoms with Crippen LogP contribution in [-0.4, -0.2) is 36.3 Å². The number of halogens is 1. The van der Waals surface area contributed by atoms with Gasteiger partial charge >= 0.3 is 0 Å². The maximum absolute atomic E-state index is 13.8. The van der Waals surface area contributed by atoms with Crippen LogP contribution in [-0.2, 0) is 4.74 Å². The molecular weight excluding hydrogens is 285 g/mol. The van der Waals surface area contributed by atoms with E-state index in [1.54, 1.807) is 6.20 Å². The van der Waals surface area contributed by atoms with Gasteiger partial charge in [0.1, 0.15) is 11.9 Å². The molecule has 1 aliphatic rings. The first kappa shape index (κ1) is 14.2. The maximum atomic E-state index is 13.8. The summed E-state index contributed by atoms with van der Waals surface area (Å²) < 4.78 is 19.1. The van der Waals surface area contributed by atoms with Crippen molar-refractivity contribution < 1.29 is 9.13 Å². The molecule has 6 nitrogen and oxygen atoms in total. The number of anilines is 3. The second-order valence-electron chi connectivity index (χ2n) is 4.80. The van der Waals surface area contributed by atoms with Crippen molar-refractivity contribution in [2.45, 2.75) is 0 Å². The van der Waals surface area contributed by atoms with Gasteiger partial charge in [0.2, 0.25) is 0 Å². The topological polar surface area (TPSA) is 74.1 Å². The van der Waals surface area contributed by atoms with E-state index in [4.69, 9.17) is 10.00 Å². The van der Waals surface area contributed by atoms with Gasteiger partial charge in [0.05, 0.1) is 30.7 Å². The van der Waals surface area contributed by atoms with E-state index in [1.807, 2.05) is 18.2 Å². The highest BCUT2D eigenvalue weighted by molar-refractivity contribution is 5.58. The Labute approximate surface area is 127 Å². The van der Waals surface area contributed by atoms with Crippen molar-refractivity contribution in [3.63, 3.8) is 0 Å². The highest BCUT2D eigenvalue weighted by Crippen LogP contribution is 2.20. The molecule has 2 aromatic rings. The van der Waals surface area contributed by atoms with Crippen molar-refractivity contribution >= 4 is 17.3 Å². The van der Waals surface area contributed by atoms with Crippen LogP contribution in [0.2, 0.25) is 0 Å². The van der Waals surface area contributed by atoms with Gasteiger partial charge in [-0.1, -0.05) is 0 Å². The summed E-state index contributed by atoms with van der Waals surface area (Å²) in [4.78, 5) is 10.4. The summed E-state index contributed by atoms with van der Waals surface area (Å²) in [6, 6.07) is 6.67. The zero-order valence-electron chi connectivity index (χ0n) is 11.8. The van der Waals surface area contributed by atoms with E-state index in [9.17, 15) is 4.39 Å². The van der Waals surface area contributed by atoms with Crippen LogP contribution in [0.1, 0.15) is 5.56 Å². The fourth-order valence-electron chi connectivity index (χ4n) is 2.17. The first-order chi connectivity index (χ1) is 10.8. The number of aromatic nitrogens is 2. The molecule has 0 bridgehead atoms. The van der Waals surface area contributed by atoms with Crippen LogP contribution >= 0.6 is 0 Å². The van der Waals surface area contributed by atoms with E-state index in [-0.39, 0.29) is 11.4 Å². The minimum atomic E-state index is -0.573. The van der Waals surface area contributed by atoms with Crippen molar-refractivity contribution in [3.05, 3.63) is 42.0 Å². The highest BCUT2D eigenvalue weighted by atomic mass is 19.1. The zero-order valence-corrected chi connectivity index (χ0v) is 11.8. The summed E-state index contributed by atoms with van der Waals surface area (Å²) >= 11 is 0. The smallest absolute Gasteiger partial charge is 0.167 e. The van der Waals surface area contributed by atoms with Gasteiger partial charge < -0.3 is 15.0 Å². The average Bonchev–Trinajstić information content (AvgIpc) is 2.58. The van der Waals surface area contributed by atoms with Gasteiger partial charge in [-0.05, 0) is 18.2 Å². The molecule has 0 spiro atoms. The zero-order chi connectivity index (χ0) is 15.4. The molecule has 7 heteroatoms. The van der Waals surface area contributed by atoms with Crippen LogP contribution in [0.25, 0.3) is 0 Å². The highest BCUT2D eigenvalue weighted by Gasteiger charge is 2.12. The Morgan fingerprint density at radius 2 is 2.05 bits per heavy atom. The summed E-state index contributed by atoms with van der Waals surface area (Å²) in [5.41, 5.74) is 0.817. The number of hydrogen-bond acceptors (Lipinski definition) is 6. The second-order valence-corrected chi connectivity index (χ2v) is 4.80. The Balaban J connectivity index is 1.72. The van der Waals surface area contributed by atoms with Gasteiger partial charge in [0.25, 0.3) is 0 Å². The Hall–Kier alpha value is -2.72. The monoisotopic (exact) mass is 299 g/mol. The number of nitrogens with zero attached hydrogens (tertiary/aromatic N) is 4. The molecule has 1 fully saturated rings. The number of nitrogens with one attached hydrogen (secondary N) is 1. The molecule has 3 heterocycles. The molecule has 1 N–H and O–H groups in total. The first-order valence-corrected chi connectivity index (χ1v) is 6.87. The Kier molecular flexibility index (Phi) is 4.12. The van der Waals surface area contributed by atoms with Crippen molar-refractivity contribution in [2.75, 3.05) is 36.5 Å². The third-order valence-corrected chi connectivity index (χ3v) is 3.32. The molecule has 0 saturated carbocycles. The lowest BCUT2D eigenvalue weighted by Gasteiger charge is -2.27. The van der Waals surface area contributed by atoms with Gasteiger partial charge in [-0.25, -0.2) is 14.4 Å². The molecule has 22 heavy (non-hydrogen) atoms. The lowest BCUT2D eigenvalue weighted by atomic mass is 10.3. The quantitative estimate of drug-likeness (QED) is 0.935. The average molecular weight is 299 g/mol. The Bertz CT molecular complexity index is 692. The summed E-state index contributed by atoms with van der Waals surface area (Å²) in [6.45, 7) is 3.02. The fraction of sp³-hybridized carbons (Fsp3) is 0.267. The van der Waals surface area contributed by atoms with Crippen LogP contribution in [0.5, 0.6) is 0 Å². The van der Waals surface area contributed by atoms with Crippen LogP contribution in [0.15, 0.2) is 30.6 Å².